The minimum Gasteiger partial charge on any atom is -0.333 e. The second-order valence-electron chi connectivity index (χ2n) is 12.8. The molecule has 4 amide bonds. The molecule has 0 aromatic carbocycles. The minimum absolute atomic E-state index is 0.0921. The van der Waals surface area contributed by atoms with Gasteiger partial charge in [-0.2, -0.15) is 0 Å². The number of hydrogen-bond donors (Lipinski definition) is 0. The van der Waals surface area contributed by atoms with Crippen molar-refractivity contribution in [3.63, 3.8) is 0 Å². The van der Waals surface area contributed by atoms with E-state index in [1.807, 2.05) is 9.80 Å². The largest absolute Gasteiger partial charge is 0.333 e. The van der Waals surface area contributed by atoms with E-state index in [2.05, 4.69) is 65.2 Å². The third-order valence-corrected chi connectivity index (χ3v) is 7.95. The van der Waals surface area contributed by atoms with Gasteiger partial charge in [0.1, 0.15) is 0 Å². The summed E-state index contributed by atoms with van der Waals surface area (Å²) in [6, 6.07) is 0.351. The fraction of sp³-hybridized carbons (Fsp3) is 0.880. The van der Waals surface area contributed by atoms with E-state index in [0.717, 1.165) is 38.8 Å². The van der Waals surface area contributed by atoms with Crippen molar-refractivity contribution < 1.29 is 14.4 Å². The first-order valence-electron chi connectivity index (χ1n) is 12.1. The van der Waals surface area contributed by atoms with Crippen LogP contribution in [0.4, 0.5) is 4.79 Å². The number of amides is 4. The van der Waals surface area contributed by atoms with Crippen LogP contribution in [0.2, 0.25) is 0 Å². The first kappa shape index (κ1) is 24.8. The van der Waals surface area contributed by atoms with Gasteiger partial charge >= 0.3 is 6.03 Å². The van der Waals surface area contributed by atoms with Crippen LogP contribution in [0.1, 0.15) is 94.9 Å². The Kier molecular flexibility index (Phi) is 5.92. The Bertz CT molecular complexity index is 701. The molecule has 0 N–H and O–H groups in total. The molecule has 7 heteroatoms. The van der Waals surface area contributed by atoms with Crippen LogP contribution in [-0.2, 0) is 9.59 Å². The normalized spacial score (nSPS) is 27.8. The van der Waals surface area contributed by atoms with Gasteiger partial charge in [0.25, 0.3) is 0 Å². The Morgan fingerprint density at radius 2 is 0.875 bits per heavy atom. The maximum atomic E-state index is 13.7. The van der Waals surface area contributed by atoms with Crippen LogP contribution in [0.5, 0.6) is 0 Å². The molecule has 3 heterocycles. The van der Waals surface area contributed by atoms with Crippen molar-refractivity contribution in [1.82, 2.24) is 19.6 Å². The molecule has 0 bridgehead atoms. The van der Waals surface area contributed by atoms with Crippen LogP contribution in [0, 0.1) is 0 Å². The molecular formula is C25H44N4O3. The first-order valence-corrected chi connectivity index (χ1v) is 12.1. The first-order chi connectivity index (χ1) is 14.4. The van der Waals surface area contributed by atoms with E-state index >= 15 is 0 Å². The second-order valence-corrected chi connectivity index (χ2v) is 12.8. The lowest BCUT2D eigenvalue weighted by Gasteiger charge is -2.57. The zero-order chi connectivity index (χ0) is 24.4. The fourth-order valence-electron chi connectivity index (χ4n) is 7.85. The Labute approximate surface area is 194 Å². The fourth-order valence-corrected chi connectivity index (χ4v) is 7.85. The van der Waals surface area contributed by atoms with Gasteiger partial charge in [-0.25, -0.2) is 4.79 Å². The third kappa shape index (κ3) is 4.12. The number of carbonyl (C=O) groups is 3. The lowest BCUT2D eigenvalue weighted by molar-refractivity contribution is -0.149. The van der Waals surface area contributed by atoms with Crippen LogP contribution in [0.25, 0.3) is 0 Å². The molecule has 7 nitrogen and oxygen atoms in total. The standard InChI is InChI=1S/C25H44N4O3/c1-17(30)28-22(3,4)13-19(14-23(28,5)6)26-11-12-27(21(26)32)20-15-24(7,8)29(18(2)31)25(9,10)16-20/h19-20H,11-16H2,1-10H3. The van der Waals surface area contributed by atoms with Crippen molar-refractivity contribution in [3.8, 4) is 0 Å². The number of piperidine rings is 2. The number of urea groups is 1. The second kappa shape index (κ2) is 7.63. The summed E-state index contributed by atoms with van der Waals surface area (Å²) >= 11 is 0. The summed E-state index contributed by atoms with van der Waals surface area (Å²) in [4.78, 5) is 46.5. The molecule has 0 radical (unpaired) electrons. The quantitative estimate of drug-likeness (QED) is 0.644. The molecule has 0 aliphatic carbocycles. The number of carbonyl (C=O) groups excluding carboxylic acids is 3. The van der Waals surface area contributed by atoms with Crippen molar-refractivity contribution in [2.75, 3.05) is 13.1 Å². The van der Waals surface area contributed by atoms with Crippen molar-refractivity contribution in [2.24, 2.45) is 0 Å². The average Bonchev–Trinajstić information content (AvgIpc) is 2.90. The molecule has 3 rings (SSSR count). The van der Waals surface area contributed by atoms with Crippen LogP contribution in [0.3, 0.4) is 0 Å². The van der Waals surface area contributed by atoms with E-state index < -0.39 is 0 Å². The van der Waals surface area contributed by atoms with E-state index in [9.17, 15) is 14.4 Å². The highest BCUT2D eigenvalue weighted by atomic mass is 16.2. The highest BCUT2D eigenvalue weighted by molar-refractivity contribution is 5.79. The summed E-state index contributed by atoms with van der Waals surface area (Å²) in [5.41, 5.74) is -1.21. The van der Waals surface area contributed by atoms with Crippen LogP contribution in [0.15, 0.2) is 0 Å². The maximum absolute atomic E-state index is 13.7. The van der Waals surface area contributed by atoms with E-state index in [0.29, 0.717) is 0 Å². The van der Waals surface area contributed by atoms with Crippen LogP contribution in [-0.4, -0.2) is 84.8 Å². The lowest BCUT2D eigenvalue weighted by Crippen LogP contribution is -2.66. The average molecular weight is 449 g/mol. The van der Waals surface area contributed by atoms with Gasteiger partial charge in [0.2, 0.25) is 11.8 Å². The van der Waals surface area contributed by atoms with Gasteiger partial charge in [0, 0.05) is 61.2 Å². The van der Waals surface area contributed by atoms with Gasteiger partial charge < -0.3 is 19.6 Å². The Balaban J connectivity index is 1.80. The maximum Gasteiger partial charge on any atom is 0.320 e. The van der Waals surface area contributed by atoms with E-state index in [1.165, 1.54) is 0 Å². The summed E-state index contributed by atoms with van der Waals surface area (Å²) in [7, 11) is 0. The zero-order valence-electron chi connectivity index (χ0n) is 21.9. The summed E-state index contributed by atoms with van der Waals surface area (Å²) in [6.45, 7) is 21.6. The smallest absolute Gasteiger partial charge is 0.320 e. The predicted octanol–water partition coefficient (Wildman–Crippen LogP) is 3.86. The van der Waals surface area contributed by atoms with Crippen LogP contribution < -0.4 is 0 Å². The van der Waals surface area contributed by atoms with Crippen LogP contribution >= 0.6 is 0 Å². The molecule has 0 saturated carbocycles. The number of rotatable bonds is 2. The highest BCUT2D eigenvalue weighted by Gasteiger charge is 2.53. The van der Waals surface area contributed by atoms with Gasteiger partial charge in [0.05, 0.1) is 0 Å². The van der Waals surface area contributed by atoms with E-state index in [-0.39, 0.29) is 52.1 Å². The number of likely N-dealkylation sites (tertiary alicyclic amines) is 2. The SMILES string of the molecule is CC(=O)N1C(C)(C)CC(N2CCN(C3CC(C)(C)N(C(C)=O)C(C)(C)C3)C2=O)CC1(C)C. The van der Waals surface area contributed by atoms with Gasteiger partial charge in [-0.1, -0.05) is 0 Å². The molecular weight excluding hydrogens is 404 g/mol. The lowest BCUT2D eigenvalue weighted by atomic mass is 9.76. The van der Waals surface area contributed by atoms with E-state index in [4.69, 9.17) is 0 Å². The predicted molar refractivity (Wildman–Crippen MR) is 126 cm³/mol. The van der Waals surface area contributed by atoms with Gasteiger partial charge in [-0.15, -0.1) is 0 Å². The molecule has 3 saturated heterocycles. The molecule has 182 valence electrons. The zero-order valence-corrected chi connectivity index (χ0v) is 21.9. The van der Waals surface area contributed by atoms with Gasteiger partial charge in [-0.3, -0.25) is 9.59 Å². The third-order valence-electron chi connectivity index (χ3n) is 7.95. The molecule has 3 fully saturated rings. The summed E-state index contributed by atoms with van der Waals surface area (Å²) < 4.78 is 0. The van der Waals surface area contributed by atoms with Crippen molar-refractivity contribution in [2.45, 2.75) is 129 Å². The highest BCUT2D eigenvalue weighted by Crippen LogP contribution is 2.44. The molecule has 0 aromatic heterocycles. The van der Waals surface area contributed by atoms with Crippen molar-refractivity contribution in [3.05, 3.63) is 0 Å². The molecule has 3 aliphatic rings. The molecule has 0 aromatic rings. The minimum atomic E-state index is -0.303. The Morgan fingerprint density at radius 1 is 0.625 bits per heavy atom. The van der Waals surface area contributed by atoms with Crippen molar-refractivity contribution >= 4 is 17.8 Å². The molecule has 0 atom stereocenters. The number of nitrogens with zero attached hydrogens (tertiary/aromatic N) is 4. The monoisotopic (exact) mass is 448 g/mol. The Hall–Kier alpha value is -1.79. The molecule has 0 spiro atoms. The molecule has 3 aliphatic heterocycles. The number of hydrogen-bond acceptors (Lipinski definition) is 3. The molecule has 32 heavy (non-hydrogen) atoms. The van der Waals surface area contributed by atoms with Gasteiger partial charge in [-0.05, 0) is 81.1 Å². The van der Waals surface area contributed by atoms with E-state index in [1.54, 1.807) is 13.8 Å². The topological polar surface area (TPSA) is 64.2 Å². The summed E-state index contributed by atoms with van der Waals surface area (Å²) in [6.07, 6.45) is 3.15. The van der Waals surface area contributed by atoms with Gasteiger partial charge in [0.15, 0.2) is 0 Å². The summed E-state index contributed by atoms with van der Waals surface area (Å²) in [5, 5.41) is 0. The van der Waals surface area contributed by atoms with Crippen molar-refractivity contribution in [1.29, 1.82) is 0 Å². The molecule has 0 unspecified atom stereocenters. The summed E-state index contributed by atoms with van der Waals surface area (Å²) in [5.74, 6) is 0.184. The Morgan fingerprint density at radius 3 is 1.09 bits per heavy atom.